The van der Waals surface area contributed by atoms with E-state index in [0.29, 0.717) is 6.42 Å². The lowest BCUT2D eigenvalue weighted by Crippen LogP contribution is -2.40. The van der Waals surface area contributed by atoms with Crippen molar-refractivity contribution in [3.8, 4) is 0 Å². The Bertz CT molecular complexity index is 365. The summed E-state index contributed by atoms with van der Waals surface area (Å²) in [5.74, 6) is 0. The van der Waals surface area contributed by atoms with Gasteiger partial charge in [-0.25, -0.2) is 14.4 Å². The quantitative estimate of drug-likeness (QED) is 0.534. The molecule has 0 unspecified atom stereocenters. The molecule has 0 aromatic carbocycles. The molecule has 0 aliphatic carbocycles. The summed E-state index contributed by atoms with van der Waals surface area (Å²) in [6, 6.07) is 0. The van der Waals surface area contributed by atoms with Crippen LogP contribution in [0, 0.1) is 5.41 Å². The van der Waals surface area contributed by atoms with Crippen molar-refractivity contribution in [1.29, 1.82) is 0 Å². The van der Waals surface area contributed by atoms with Crippen LogP contribution in [0.3, 0.4) is 0 Å². The molecule has 0 aliphatic rings. The first-order valence-electron chi connectivity index (χ1n) is 6.25. The largest absolute Gasteiger partial charge is 0.449 e. The number of rotatable bonds is 7. The standard InChI is InChI=1S/C12H21N3O6/c1-5-12(6-19-9(16)13-2,7-20-10(17)14-3)8-21-11(18)15-4/h2,5-8H2,1,3-4H3,(H,14,17)(H,15,18). The fourth-order valence-corrected chi connectivity index (χ4v) is 1.27. The van der Waals surface area contributed by atoms with Crippen molar-refractivity contribution in [2.24, 2.45) is 10.4 Å². The zero-order valence-electron chi connectivity index (χ0n) is 12.4. The third kappa shape index (κ3) is 7.14. The normalized spacial score (nSPS) is 10.2. The lowest BCUT2D eigenvalue weighted by Gasteiger charge is -2.30. The number of carbonyl (C=O) groups is 3. The van der Waals surface area contributed by atoms with Gasteiger partial charge in [0.05, 0.1) is 5.41 Å². The molecule has 0 aromatic heterocycles. The molecule has 21 heavy (non-hydrogen) atoms. The topological polar surface area (TPSA) is 115 Å². The Morgan fingerprint density at radius 3 is 1.76 bits per heavy atom. The molecule has 2 N–H and O–H groups in total. The Morgan fingerprint density at radius 2 is 1.43 bits per heavy atom. The molecule has 0 aliphatic heterocycles. The van der Waals surface area contributed by atoms with E-state index in [-0.39, 0.29) is 19.8 Å². The van der Waals surface area contributed by atoms with Crippen molar-refractivity contribution in [1.82, 2.24) is 10.6 Å². The molecule has 3 amide bonds. The molecule has 0 bridgehead atoms. The van der Waals surface area contributed by atoms with Crippen LogP contribution in [-0.2, 0) is 14.2 Å². The number of nitrogens with one attached hydrogen (secondary N) is 2. The number of hydrogen-bond acceptors (Lipinski definition) is 6. The molecule has 0 rings (SSSR count). The molecule has 0 aromatic rings. The Hall–Kier alpha value is -2.32. The lowest BCUT2D eigenvalue weighted by molar-refractivity contribution is -0.0153. The Morgan fingerprint density at radius 1 is 1.00 bits per heavy atom. The predicted molar refractivity (Wildman–Crippen MR) is 74.4 cm³/mol. The number of amides is 3. The maximum Gasteiger partial charge on any atom is 0.432 e. The highest BCUT2D eigenvalue weighted by Gasteiger charge is 2.34. The molecule has 0 fully saturated rings. The summed E-state index contributed by atoms with van der Waals surface area (Å²) in [6.07, 6.45) is -1.69. The maximum absolute atomic E-state index is 11.2. The lowest BCUT2D eigenvalue weighted by atomic mass is 9.88. The van der Waals surface area contributed by atoms with E-state index in [4.69, 9.17) is 14.2 Å². The summed E-state index contributed by atoms with van der Waals surface area (Å²) in [5.41, 5.74) is -0.862. The summed E-state index contributed by atoms with van der Waals surface area (Å²) in [4.78, 5) is 36.5. The van der Waals surface area contributed by atoms with Crippen molar-refractivity contribution in [2.75, 3.05) is 33.9 Å². The van der Waals surface area contributed by atoms with E-state index in [2.05, 4.69) is 22.3 Å². The fourth-order valence-electron chi connectivity index (χ4n) is 1.27. The molecule has 120 valence electrons. The molecule has 0 saturated carbocycles. The van der Waals surface area contributed by atoms with E-state index < -0.39 is 23.7 Å². The van der Waals surface area contributed by atoms with Crippen LogP contribution >= 0.6 is 0 Å². The smallest absolute Gasteiger partial charge is 0.432 e. The summed E-state index contributed by atoms with van der Waals surface area (Å²) >= 11 is 0. The van der Waals surface area contributed by atoms with Crippen LogP contribution in [-0.4, -0.2) is 58.9 Å². The van der Waals surface area contributed by atoms with Gasteiger partial charge >= 0.3 is 18.3 Å². The van der Waals surface area contributed by atoms with E-state index in [9.17, 15) is 14.4 Å². The second kappa shape index (κ2) is 9.56. The number of ether oxygens (including phenoxy) is 3. The van der Waals surface area contributed by atoms with Gasteiger partial charge < -0.3 is 24.8 Å². The first-order chi connectivity index (χ1) is 9.92. The van der Waals surface area contributed by atoms with Crippen LogP contribution in [0.15, 0.2) is 4.99 Å². The van der Waals surface area contributed by atoms with E-state index in [1.807, 2.05) is 0 Å². The monoisotopic (exact) mass is 303 g/mol. The number of nitrogens with zero attached hydrogens (tertiary/aromatic N) is 1. The van der Waals surface area contributed by atoms with Gasteiger partial charge in [-0.15, -0.1) is 0 Å². The van der Waals surface area contributed by atoms with Crippen molar-refractivity contribution in [2.45, 2.75) is 13.3 Å². The highest BCUT2D eigenvalue weighted by atomic mass is 16.6. The summed E-state index contributed by atoms with van der Waals surface area (Å²) in [7, 11) is 2.83. The Kier molecular flexibility index (Phi) is 8.51. The van der Waals surface area contributed by atoms with E-state index in [1.165, 1.54) is 14.1 Å². The van der Waals surface area contributed by atoms with Gasteiger partial charge in [0, 0.05) is 14.1 Å². The average Bonchev–Trinajstić information content (AvgIpc) is 2.53. The number of alkyl carbamates (subject to hydrolysis) is 2. The molecule has 0 atom stereocenters. The molecule has 9 heteroatoms. The zero-order chi connectivity index (χ0) is 16.3. The molecule has 0 saturated heterocycles. The zero-order valence-corrected chi connectivity index (χ0v) is 12.4. The average molecular weight is 303 g/mol. The van der Waals surface area contributed by atoms with Crippen molar-refractivity contribution in [3.05, 3.63) is 0 Å². The van der Waals surface area contributed by atoms with Crippen LogP contribution in [0.2, 0.25) is 0 Å². The summed E-state index contributed by atoms with van der Waals surface area (Å²) in [6.45, 7) is 4.52. The number of carbonyl (C=O) groups excluding carboxylic acids is 3. The van der Waals surface area contributed by atoms with Crippen LogP contribution in [0.4, 0.5) is 14.4 Å². The Labute approximate surface area is 123 Å². The molecular weight excluding hydrogens is 282 g/mol. The SMILES string of the molecule is C=NC(=O)OCC(CC)(COC(=O)NC)COC(=O)NC. The minimum atomic E-state index is -0.862. The summed E-state index contributed by atoms with van der Waals surface area (Å²) < 4.78 is 14.8. The van der Waals surface area contributed by atoms with Crippen LogP contribution in [0.25, 0.3) is 0 Å². The minimum Gasteiger partial charge on any atom is -0.449 e. The van der Waals surface area contributed by atoms with Gasteiger partial charge in [0.1, 0.15) is 19.8 Å². The number of aliphatic imine (C=N–C) groups is 1. The molecule has 0 heterocycles. The van der Waals surface area contributed by atoms with Gasteiger partial charge in [-0.05, 0) is 13.1 Å². The van der Waals surface area contributed by atoms with Crippen molar-refractivity contribution < 1.29 is 28.6 Å². The third-order valence-electron chi connectivity index (χ3n) is 2.81. The Balaban J connectivity index is 4.80. The third-order valence-corrected chi connectivity index (χ3v) is 2.81. The molecular formula is C12H21N3O6. The fraction of sp³-hybridized carbons (Fsp3) is 0.667. The predicted octanol–water partition coefficient (Wildman–Crippen LogP) is 0.932. The van der Waals surface area contributed by atoms with Gasteiger partial charge in [-0.1, -0.05) is 6.92 Å². The highest BCUT2D eigenvalue weighted by molar-refractivity contribution is 5.72. The van der Waals surface area contributed by atoms with Crippen LogP contribution in [0.1, 0.15) is 13.3 Å². The molecule has 9 nitrogen and oxygen atoms in total. The van der Waals surface area contributed by atoms with Gasteiger partial charge in [-0.2, -0.15) is 4.99 Å². The molecule has 0 spiro atoms. The number of hydrogen-bond donors (Lipinski definition) is 2. The van der Waals surface area contributed by atoms with Crippen LogP contribution in [0.5, 0.6) is 0 Å². The van der Waals surface area contributed by atoms with E-state index >= 15 is 0 Å². The van der Waals surface area contributed by atoms with Gasteiger partial charge in [0.25, 0.3) is 0 Å². The van der Waals surface area contributed by atoms with Gasteiger partial charge in [0.2, 0.25) is 0 Å². The van der Waals surface area contributed by atoms with Crippen molar-refractivity contribution >= 4 is 25.0 Å². The van der Waals surface area contributed by atoms with Gasteiger partial charge in [-0.3, -0.25) is 0 Å². The minimum absolute atomic E-state index is 0.0927. The summed E-state index contributed by atoms with van der Waals surface area (Å²) in [5, 5.41) is 4.59. The highest BCUT2D eigenvalue weighted by Crippen LogP contribution is 2.24. The van der Waals surface area contributed by atoms with Crippen LogP contribution < -0.4 is 10.6 Å². The second-order valence-electron chi connectivity index (χ2n) is 4.22. The van der Waals surface area contributed by atoms with E-state index in [0.717, 1.165) is 0 Å². The maximum atomic E-state index is 11.2. The molecule has 0 radical (unpaired) electrons. The second-order valence-corrected chi connectivity index (χ2v) is 4.22. The van der Waals surface area contributed by atoms with Crippen molar-refractivity contribution in [3.63, 3.8) is 0 Å². The van der Waals surface area contributed by atoms with E-state index in [1.54, 1.807) is 6.92 Å². The van der Waals surface area contributed by atoms with Gasteiger partial charge in [0.15, 0.2) is 0 Å². The first kappa shape index (κ1) is 18.7. The first-order valence-corrected chi connectivity index (χ1v) is 6.25.